The van der Waals surface area contributed by atoms with Crippen molar-refractivity contribution in [3.05, 3.63) is 35.1 Å². The topological polar surface area (TPSA) is 53.1 Å². The SMILES string of the molecule is CC(C)CN(C)Cc1ccc(F)cc1C(=N)N. The van der Waals surface area contributed by atoms with E-state index in [2.05, 4.69) is 18.7 Å². The minimum absolute atomic E-state index is 0.0857. The van der Waals surface area contributed by atoms with E-state index in [1.165, 1.54) is 12.1 Å². The minimum atomic E-state index is -0.356. The van der Waals surface area contributed by atoms with E-state index in [0.29, 0.717) is 18.0 Å². The molecule has 3 N–H and O–H groups in total. The van der Waals surface area contributed by atoms with Crippen LogP contribution in [-0.2, 0) is 6.54 Å². The van der Waals surface area contributed by atoms with Gasteiger partial charge in [0, 0.05) is 18.7 Å². The molecule has 0 bridgehead atoms. The van der Waals surface area contributed by atoms with Crippen LogP contribution in [0.4, 0.5) is 4.39 Å². The van der Waals surface area contributed by atoms with Crippen LogP contribution in [0, 0.1) is 17.1 Å². The van der Waals surface area contributed by atoms with Crippen molar-refractivity contribution in [3.8, 4) is 0 Å². The lowest BCUT2D eigenvalue weighted by Gasteiger charge is -2.20. The zero-order valence-electron chi connectivity index (χ0n) is 10.6. The summed E-state index contributed by atoms with van der Waals surface area (Å²) in [7, 11) is 2.01. The molecule has 0 saturated heterocycles. The summed E-state index contributed by atoms with van der Waals surface area (Å²) >= 11 is 0. The lowest BCUT2D eigenvalue weighted by atomic mass is 10.1. The molecule has 0 aliphatic carbocycles. The van der Waals surface area contributed by atoms with E-state index < -0.39 is 0 Å². The van der Waals surface area contributed by atoms with Crippen LogP contribution in [0.2, 0.25) is 0 Å². The van der Waals surface area contributed by atoms with Crippen LogP contribution >= 0.6 is 0 Å². The van der Waals surface area contributed by atoms with E-state index in [0.717, 1.165) is 12.1 Å². The average molecular weight is 237 g/mol. The summed E-state index contributed by atoms with van der Waals surface area (Å²) in [5.74, 6) is 0.129. The fourth-order valence-electron chi connectivity index (χ4n) is 1.92. The van der Waals surface area contributed by atoms with E-state index in [4.69, 9.17) is 11.1 Å². The first kappa shape index (κ1) is 13.6. The Labute approximate surface area is 102 Å². The number of hydrogen-bond acceptors (Lipinski definition) is 2. The van der Waals surface area contributed by atoms with Crippen molar-refractivity contribution in [1.82, 2.24) is 4.90 Å². The Bertz CT molecular complexity index is 402. The molecule has 0 fully saturated rings. The average Bonchev–Trinajstić information content (AvgIpc) is 2.19. The number of nitrogens with one attached hydrogen (secondary N) is 1. The Hall–Kier alpha value is -1.42. The van der Waals surface area contributed by atoms with E-state index in [1.54, 1.807) is 6.07 Å². The molecule has 0 radical (unpaired) electrons. The minimum Gasteiger partial charge on any atom is -0.384 e. The van der Waals surface area contributed by atoms with Gasteiger partial charge >= 0.3 is 0 Å². The number of benzene rings is 1. The van der Waals surface area contributed by atoms with Gasteiger partial charge in [0.15, 0.2) is 0 Å². The van der Waals surface area contributed by atoms with Gasteiger partial charge in [0.25, 0.3) is 0 Å². The number of halogens is 1. The molecule has 1 aromatic carbocycles. The summed E-state index contributed by atoms with van der Waals surface area (Å²) < 4.78 is 13.1. The van der Waals surface area contributed by atoms with Crippen molar-refractivity contribution >= 4 is 5.84 Å². The van der Waals surface area contributed by atoms with Crippen molar-refractivity contribution in [3.63, 3.8) is 0 Å². The van der Waals surface area contributed by atoms with Gasteiger partial charge in [-0.25, -0.2) is 4.39 Å². The molecule has 0 amide bonds. The maximum atomic E-state index is 13.1. The molecule has 0 unspecified atom stereocenters. The predicted octanol–water partition coefficient (Wildman–Crippen LogP) is 2.20. The highest BCUT2D eigenvalue weighted by Gasteiger charge is 2.10. The predicted molar refractivity (Wildman–Crippen MR) is 68.6 cm³/mol. The summed E-state index contributed by atoms with van der Waals surface area (Å²) in [6, 6.07) is 4.43. The number of nitrogens with zero attached hydrogens (tertiary/aromatic N) is 1. The maximum absolute atomic E-state index is 13.1. The van der Waals surface area contributed by atoms with Crippen molar-refractivity contribution in [2.24, 2.45) is 11.7 Å². The molecule has 0 aromatic heterocycles. The molecule has 0 atom stereocenters. The Morgan fingerprint density at radius 3 is 2.65 bits per heavy atom. The fourth-order valence-corrected chi connectivity index (χ4v) is 1.92. The zero-order valence-corrected chi connectivity index (χ0v) is 10.6. The molecule has 0 aliphatic heterocycles. The van der Waals surface area contributed by atoms with Crippen LogP contribution in [0.1, 0.15) is 25.0 Å². The number of rotatable bonds is 5. The second-order valence-electron chi connectivity index (χ2n) is 4.81. The summed E-state index contributed by atoms with van der Waals surface area (Å²) in [5.41, 5.74) is 6.84. The van der Waals surface area contributed by atoms with Gasteiger partial charge in [-0.15, -0.1) is 0 Å². The number of hydrogen-bond donors (Lipinski definition) is 2. The number of nitrogen functional groups attached to an aromatic ring is 1. The number of amidine groups is 1. The standard InChI is InChI=1S/C13H20FN3/c1-9(2)7-17(3)8-10-4-5-11(14)6-12(10)13(15)16/h4-6,9H,7-8H2,1-3H3,(H3,15,16). The molecular weight excluding hydrogens is 217 g/mol. The molecular formula is C13H20FN3. The third-order valence-electron chi connectivity index (χ3n) is 2.48. The van der Waals surface area contributed by atoms with Gasteiger partial charge in [-0.05, 0) is 30.7 Å². The van der Waals surface area contributed by atoms with E-state index >= 15 is 0 Å². The molecule has 4 heteroatoms. The third kappa shape index (κ3) is 4.15. The first-order chi connectivity index (χ1) is 7.90. The highest BCUT2D eigenvalue weighted by Crippen LogP contribution is 2.13. The second kappa shape index (κ2) is 5.77. The van der Waals surface area contributed by atoms with Crippen LogP contribution in [-0.4, -0.2) is 24.3 Å². The van der Waals surface area contributed by atoms with Gasteiger partial charge in [-0.2, -0.15) is 0 Å². The Balaban J connectivity index is 2.86. The van der Waals surface area contributed by atoms with E-state index in [9.17, 15) is 4.39 Å². The van der Waals surface area contributed by atoms with Crippen molar-refractivity contribution in [1.29, 1.82) is 5.41 Å². The summed E-state index contributed by atoms with van der Waals surface area (Å²) in [5, 5.41) is 7.45. The van der Waals surface area contributed by atoms with Crippen LogP contribution in [0.15, 0.2) is 18.2 Å². The smallest absolute Gasteiger partial charge is 0.123 e. The van der Waals surface area contributed by atoms with Gasteiger partial charge < -0.3 is 10.6 Å². The Morgan fingerprint density at radius 2 is 2.12 bits per heavy atom. The molecule has 1 rings (SSSR count). The van der Waals surface area contributed by atoms with Gasteiger partial charge in [0.05, 0.1) is 0 Å². The summed E-state index contributed by atoms with van der Waals surface area (Å²) in [4.78, 5) is 2.14. The largest absolute Gasteiger partial charge is 0.384 e. The lowest BCUT2D eigenvalue weighted by Crippen LogP contribution is -2.25. The molecule has 0 saturated carbocycles. The van der Waals surface area contributed by atoms with Gasteiger partial charge in [0.2, 0.25) is 0 Å². The molecule has 1 aromatic rings. The number of nitrogens with two attached hydrogens (primary N) is 1. The van der Waals surface area contributed by atoms with Crippen molar-refractivity contribution in [2.45, 2.75) is 20.4 Å². The van der Waals surface area contributed by atoms with Gasteiger partial charge in [-0.3, -0.25) is 5.41 Å². The molecule has 0 spiro atoms. The molecule has 17 heavy (non-hydrogen) atoms. The lowest BCUT2D eigenvalue weighted by molar-refractivity contribution is 0.288. The van der Waals surface area contributed by atoms with Crippen molar-refractivity contribution in [2.75, 3.05) is 13.6 Å². The first-order valence-corrected chi connectivity index (χ1v) is 5.71. The summed E-state index contributed by atoms with van der Waals surface area (Å²) in [6.07, 6.45) is 0. The zero-order chi connectivity index (χ0) is 13.0. The van der Waals surface area contributed by atoms with Crippen molar-refractivity contribution < 1.29 is 4.39 Å². The van der Waals surface area contributed by atoms with Gasteiger partial charge in [0.1, 0.15) is 11.7 Å². The van der Waals surface area contributed by atoms with Gasteiger partial charge in [-0.1, -0.05) is 19.9 Å². The highest BCUT2D eigenvalue weighted by atomic mass is 19.1. The van der Waals surface area contributed by atoms with E-state index in [1.807, 2.05) is 7.05 Å². The third-order valence-corrected chi connectivity index (χ3v) is 2.48. The highest BCUT2D eigenvalue weighted by molar-refractivity contribution is 5.96. The van der Waals surface area contributed by atoms with Crippen LogP contribution in [0.5, 0.6) is 0 Å². The molecule has 3 nitrogen and oxygen atoms in total. The fraction of sp³-hybridized carbons (Fsp3) is 0.462. The first-order valence-electron chi connectivity index (χ1n) is 5.71. The quantitative estimate of drug-likeness (QED) is 0.609. The monoisotopic (exact) mass is 237 g/mol. The Kier molecular flexibility index (Phi) is 4.63. The van der Waals surface area contributed by atoms with Crippen LogP contribution in [0.3, 0.4) is 0 Å². The normalized spacial score (nSPS) is 11.2. The Morgan fingerprint density at radius 1 is 1.47 bits per heavy atom. The van der Waals surface area contributed by atoms with Crippen LogP contribution in [0.25, 0.3) is 0 Å². The molecule has 0 aliphatic rings. The maximum Gasteiger partial charge on any atom is 0.123 e. The van der Waals surface area contributed by atoms with E-state index in [-0.39, 0.29) is 11.7 Å². The second-order valence-corrected chi connectivity index (χ2v) is 4.81. The molecule has 0 heterocycles. The molecule has 94 valence electrons. The van der Waals surface area contributed by atoms with Crippen LogP contribution < -0.4 is 5.73 Å². The summed E-state index contributed by atoms with van der Waals surface area (Å²) in [6.45, 7) is 5.92.